The van der Waals surface area contributed by atoms with E-state index < -0.39 is 17.6 Å². The molecule has 180 valence electrons. The third-order valence-electron chi connectivity index (χ3n) is 4.37. The van der Waals surface area contributed by atoms with Gasteiger partial charge in [-0.1, -0.05) is 13.5 Å². The van der Waals surface area contributed by atoms with Gasteiger partial charge in [0.1, 0.15) is 0 Å². The lowest BCUT2D eigenvalue weighted by Crippen LogP contribution is -2.60. The quantitative estimate of drug-likeness (QED) is 0.147. The molecule has 0 heterocycles. The van der Waals surface area contributed by atoms with E-state index in [9.17, 15) is 4.79 Å². The highest BCUT2D eigenvalue weighted by molar-refractivity contribution is 6.62. The summed E-state index contributed by atoms with van der Waals surface area (Å²) in [6.07, 6.45) is 1.53. The van der Waals surface area contributed by atoms with Crippen LogP contribution >= 0.6 is 0 Å². The number of carbonyl (C=O) groups excluding carboxylic acids is 1. The molecule has 0 aliphatic rings. The number of hydrogen-bond acceptors (Lipinski definition) is 10. The van der Waals surface area contributed by atoms with E-state index in [1.807, 2.05) is 0 Å². The van der Waals surface area contributed by atoms with Crippen LogP contribution in [0.25, 0.3) is 0 Å². The molecule has 30 heavy (non-hydrogen) atoms. The first-order valence-corrected chi connectivity index (χ1v) is 13.5. The van der Waals surface area contributed by atoms with Crippen LogP contribution in [0.3, 0.4) is 0 Å². The summed E-state index contributed by atoms with van der Waals surface area (Å²) in [5, 5.41) is 3.27. The zero-order chi connectivity index (χ0) is 23.6. The van der Waals surface area contributed by atoms with Crippen molar-refractivity contribution >= 4 is 23.6 Å². The van der Waals surface area contributed by atoms with E-state index in [-0.39, 0.29) is 11.6 Å². The Balaban J connectivity index is 0. The van der Waals surface area contributed by atoms with Crippen LogP contribution in [-0.4, -0.2) is 91.6 Å². The normalized spacial score (nSPS) is 12.7. The van der Waals surface area contributed by atoms with Gasteiger partial charge >= 0.3 is 23.6 Å². The Bertz CT molecular complexity index is 447. The first-order chi connectivity index (χ1) is 14.2. The lowest BCUT2D eigenvalue weighted by Gasteiger charge is -2.32. The van der Waals surface area contributed by atoms with Crippen LogP contribution in [0, 0.1) is 0 Å². The Morgan fingerprint density at radius 1 is 1.00 bits per heavy atom. The Morgan fingerprint density at radius 2 is 1.50 bits per heavy atom. The number of esters is 1. The molecule has 0 spiro atoms. The summed E-state index contributed by atoms with van der Waals surface area (Å²) >= 11 is 0. The van der Waals surface area contributed by atoms with E-state index in [4.69, 9.17) is 37.0 Å². The van der Waals surface area contributed by atoms with E-state index in [2.05, 4.69) is 18.8 Å². The molecule has 1 unspecified atom stereocenters. The second-order valence-electron chi connectivity index (χ2n) is 6.23. The summed E-state index contributed by atoms with van der Waals surface area (Å²) in [7, 11) is 4.43. The van der Waals surface area contributed by atoms with Gasteiger partial charge in [0.05, 0.1) is 12.3 Å². The summed E-state index contributed by atoms with van der Waals surface area (Å²) in [6.45, 7) is 8.82. The predicted molar refractivity (Wildman–Crippen MR) is 120 cm³/mol. The van der Waals surface area contributed by atoms with Gasteiger partial charge in [-0.3, -0.25) is 0 Å². The zero-order valence-electron chi connectivity index (χ0n) is 19.9. The Hall–Kier alpha value is -0.676. The second-order valence-corrected chi connectivity index (χ2v) is 12.5. The molecule has 0 bridgehead atoms. The van der Waals surface area contributed by atoms with Crippen molar-refractivity contribution in [3.8, 4) is 0 Å². The molecule has 0 aromatic rings. The van der Waals surface area contributed by atoms with Gasteiger partial charge in [0.25, 0.3) is 0 Å². The van der Waals surface area contributed by atoms with E-state index >= 15 is 0 Å². The van der Waals surface area contributed by atoms with Gasteiger partial charge in [0, 0.05) is 67.4 Å². The number of nitrogens with two attached hydrogens (primary N) is 1. The maximum absolute atomic E-state index is 11.1. The van der Waals surface area contributed by atoms with Crippen LogP contribution in [0.2, 0.25) is 6.04 Å². The molecule has 0 fully saturated rings. The van der Waals surface area contributed by atoms with Crippen molar-refractivity contribution < 1.29 is 36.1 Å². The summed E-state index contributed by atoms with van der Waals surface area (Å²) in [5.41, 5.74) is 5.93. The van der Waals surface area contributed by atoms with Crippen molar-refractivity contribution in [2.45, 2.75) is 38.4 Å². The van der Waals surface area contributed by atoms with E-state index in [1.165, 1.54) is 0 Å². The van der Waals surface area contributed by atoms with Gasteiger partial charge < -0.3 is 42.3 Å². The van der Waals surface area contributed by atoms with Crippen LogP contribution in [-0.2, 0) is 36.1 Å². The van der Waals surface area contributed by atoms with Gasteiger partial charge in [-0.15, -0.1) is 0 Å². The van der Waals surface area contributed by atoms with Crippen LogP contribution in [0.4, 0.5) is 0 Å². The summed E-state index contributed by atoms with van der Waals surface area (Å²) in [4.78, 5) is 11.1. The molecule has 12 heteroatoms. The minimum absolute atomic E-state index is 0.103. The monoisotopic (exact) mass is 470 g/mol. The lowest BCUT2D eigenvalue weighted by atomic mass is 10.4. The molecular formula is C18H42N2O8Si2. The number of carbonyl (C=O) groups is 1. The van der Waals surface area contributed by atoms with E-state index in [0.29, 0.717) is 31.2 Å². The molecule has 0 amide bonds. The largest absolute Gasteiger partial charge is 0.517 e. The van der Waals surface area contributed by atoms with Crippen LogP contribution in [0.5, 0.6) is 0 Å². The van der Waals surface area contributed by atoms with Crippen molar-refractivity contribution in [1.29, 1.82) is 0 Å². The minimum Gasteiger partial charge on any atom is -0.462 e. The van der Waals surface area contributed by atoms with Crippen LogP contribution in [0.15, 0.2) is 12.2 Å². The highest BCUT2D eigenvalue weighted by Gasteiger charge is 2.46. The SMILES string of the molecule is C=C(C)C(=O)OCCC[Si](OC)(OC)OC.CCC(NCCN)[Si](OC)(OC)OC. The lowest BCUT2D eigenvalue weighted by molar-refractivity contribution is -0.139. The van der Waals surface area contributed by atoms with Gasteiger partial charge in [0.15, 0.2) is 0 Å². The minimum atomic E-state index is -2.55. The topological polar surface area (TPSA) is 120 Å². The predicted octanol–water partition coefficient (Wildman–Crippen LogP) is 1.10. The van der Waals surface area contributed by atoms with Crippen LogP contribution < -0.4 is 11.1 Å². The maximum Gasteiger partial charge on any atom is 0.517 e. The smallest absolute Gasteiger partial charge is 0.462 e. The molecule has 0 radical (unpaired) electrons. The standard InChI is InChI=1S/C10H20O5Si.C8H22N2O3Si/c1-9(2)10(11)15-7-6-8-16(12-3,13-4)14-5;1-5-8(10-7-6-9)14(11-2,12-3)13-4/h1,6-8H2,2-5H3;8,10H,5-7,9H2,1-4H3. The zero-order valence-corrected chi connectivity index (χ0v) is 21.9. The van der Waals surface area contributed by atoms with E-state index in [0.717, 1.165) is 13.0 Å². The fourth-order valence-electron chi connectivity index (χ4n) is 2.59. The van der Waals surface area contributed by atoms with Crippen molar-refractivity contribution in [3.63, 3.8) is 0 Å². The molecule has 10 nitrogen and oxygen atoms in total. The molecule has 0 aliphatic heterocycles. The molecule has 0 aliphatic carbocycles. The molecule has 3 N–H and O–H groups in total. The van der Waals surface area contributed by atoms with Crippen molar-refractivity contribution in [2.75, 3.05) is 62.4 Å². The summed E-state index contributed by atoms with van der Waals surface area (Å²) in [6, 6.07) is 0.611. The highest BCUT2D eigenvalue weighted by atomic mass is 28.4. The molecule has 1 atom stereocenters. The molecule has 0 saturated carbocycles. The Morgan fingerprint density at radius 3 is 1.83 bits per heavy atom. The summed E-state index contributed by atoms with van der Waals surface area (Å²) in [5.74, 6) is -0.375. The first-order valence-electron chi connectivity index (χ1n) is 9.78. The average Bonchev–Trinajstić information content (AvgIpc) is 2.78. The molecule has 0 aromatic heterocycles. The third-order valence-corrected chi connectivity index (χ3v) is 10.4. The first kappa shape index (κ1) is 31.5. The van der Waals surface area contributed by atoms with E-state index in [1.54, 1.807) is 49.6 Å². The maximum atomic E-state index is 11.1. The number of rotatable bonds is 16. The van der Waals surface area contributed by atoms with Gasteiger partial charge in [0.2, 0.25) is 0 Å². The molecule has 0 aromatic carbocycles. The second kappa shape index (κ2) is 17.9. The average molecular weight is 471 g/mol. The summed E-state index contributed by atoms with van der Waals surface area (Å²) < 4.78 is 36.8. The van der Waals surface area contributed by atoms with Crippen molar-refractivity contribution in [1.82, 2.24) is 5.32 Å². The fraction of sp³-hybridized carbons (Fsp3) is 0.833. The molecular weight excluding hydrogens is 428 g/mol. The third kappa shape index (κ3) is 11.1. The van der Waals surface area contributed by atoms with Gasteiger partial charge in [-0.25, -0.2) is 4.79 Å². The van der Waals surface area contributed by atoms with Crippen LogP contribution in [0.1, 0.15) is 26.7 Å². The van der Waals surface area contributed by atoms with Crippen molar-refractivity contribution in [3.05, 3.63) is 12.2 Å². The number of ether oxygens (including phenoxy) is 1. The molecule has 0 saturated heterocycles. The Labute approximate surface area is 184 Å². The van der Waals surface area contributed by atoms with Gasteiger partial charge in [-0.2, -0.15) is 0 Å². The van der Waals surface area contributed by atoms with Crippen molar-refractivity contribution in [2.24, 2.45) is 5.73 Å². The highest BCUT2D eigenvalue weighted by Crippen LogP contribution is 2.15. The number of hydrogen-bond donors (Lipinski definition) is 2. The Kier molecular flexibility index (Phi) is 18.9. The fourth-order valence-corrected chi connectivity index (χ4v) is 6.52. The van der Waals surface area contributed by atoms with Gasteiger partial charge in [-0.05, 0) is 19.8 Å². The molecule has 0 rings (SSSR count). The number of nitrogens with one attached hydrogen (secondary N) is 1.